The van der Waals surface area contributed by atoms with Crippen LogP contribution in [0.25, 0.3) is 11.3 Å². The monoisotopic (exact) mass is 347 g/mol. The van der Waals surface area contributed by atoms with Crippen molar-refractivity contribution in [3.05, 3.63) is 23.6 Å². The Balaban J connectivity index is 1.78. The zero-order chi connectivity index (χ0) is 17.1. The number of aromatic nitrogens is 1. The second kappa shape index (κ2) is 7.09. The van der Waals surface area contributed by atoms with Gasteiger partial charge in [0.15, 0.2) is 5.13 Å². The van der Waals surface area contributed by atoms with Crippen molar-refractivity contribution in [1.29, 1.82) is 0 Å². The molecule has 3 rings (SSSR count). The van der Waals surface area contributed by atoms with E-state index in [4.69, 9.17) is 20.2 Å². The van der Waals surface area contributed by atoms with Crippen molar-refractivity contribution >= 4 is 22.4 Å². The molecule has 24 heavy (non-hydrogen) atoms. The van der Waals surface area contributed by atoms with Crippen molar-refractivity contribution in [2.45, 2.75) is 12.8 Å². The van der Waals surface area contributed by atoms with Gasteiger partial charge in [0.2, 0.25) is 5.91 Å². The van der Waals surface area contributed by atoms with E-state index in [2.05, 4.69) is 4.90 Å². The number of hydrogen-bond donors (Lipinski definition) is 1. The number of anilines is 1. The maximum Gasteiger partial charge on any atom is 0.220 e. The van der Waals surface area contributed by atoms with Crippen molar-refractivity contribution in [2.24, 2.45) is 11.7 Å². The average Bonchev–Trinajstić information content (AvgIpc) is 3.11. The average molecular weight is 347 g/mol. The standard InChI is InChI=1S/C17H21N3O3S/c1-22-13-7-12(8-14(9-13)23-2)15-10-24-17(19-15)20-5-3-11(4-6-20)16(18)21/h7-11H,3-6H2,1-2H3,(H2,18,21). The zero-order valence-electron chi connectivity index (χ0n) is 13.8. The molecule has 1 aliphatic rings. The van der Waals surface area contributed by atoms with Crippen LogP contribution >= 0.6 is 11.3 Å². The van der Waals surface area contributed by atoms with E-state index < -0.39 is 0 Å². The van der Waals surface area contributed by atoms with E-state index in [1.165, 1.54) is 0 Å². The van der Waals surface area contributed by atoms with E-state index in [0.29, 0.717) is 0 Å². The first kappa shape index (κ1) is 16.6. The Hall–Kier alpha value is -2.28. The molecule has 0 saturated carbocycles. The van der Waals surface area contributed by atoms with E-state index in [0.717, 1.165) is 53.8 Å². The van der Waals surface area contributed by atoms with Gasteiger partial charge in [-0.15, -0.1) is 11.3 Å². The van der Waals surface area contributed by atoms with Gasteiger partial charge in [0, 0.05) is 36.0 Å². The topological polar surface area (TPSA) is 77.7 Å². The fraction of sp³-hybridized carbons (Fsp3) is 0.412. The summed E-state index contributed by atoms with van der Waals surface area (Å²) in [6.45, 7) is 1.62. The molecule has 1 amide bonds. The second-order valence-electron chi connectivity index (χ2n) is 5.78. The van der Waals surface area contributed by atoms with Crippen LogP contribution in [0.2, 0.25) is 0 Å². The summed E-state index contributed by atoms with van der Waals surface area (Å²) in [6, 6.07) is 5.73. The summed E-state index contributed by atoms with van der Waals surface area (Å²) < 4.78 is 10.6. The molecule has 2 aromatic rings. The van der Waals surface area contributed by atoms with Crippen molar-refractivity contribution in [1.82, 2.24) is 4.98 Å². The summed E-state index contributed by atoms with van der Waals surface area (Å²) in [6.07, 6.45) is 1.58. The number of carbonyl (C=O) groups is 1. The number of benzene rings is 1. The highest BCUT2D eigenvalue weighted by Gasteiger charge is 2.24. The highest BCUT2D eigenvalue weighted by Crippen LogP contribution is 2.33. The number of amides is 1. The van der Waals surface area contributed by atoms with Gasteiger partial charge in [0.25, 0.3) is 0 Å². The molecule has 0 radical (unpaired) electrons. The molecule has 2 N–H and O–H groups in total. The third kappa shape index (κ3) is 3.46. The van der Waals surface area contributed by atoms with Gasteiger partial charge in [-0.2, -0.15) is 0 Å². The highest BCUT2D eigenvalue weighted by molar-refractivity contribution is 7.14. The van der Waals surface area contributed by atoms with Crippen molar-refractivity contribution in [2.75, 3.05) is 32.2 Å². The number of primary amides is 1. The number of ether oxygens (including phenoxy) is 2. The van der Waals surface area contributed by atoms with Crippen LogP contribution in [0, 0.1) is 5.92 Å². The van der Waals surface area contributed by atoms with Crippen LogP contribution in [0.4, 0.5) is 5.13 Å². The lowest BCUT2D eigenvalue weighted by atomic mass is 9.97. The van der Waals surface area contributed by atoms with Gasteiger partial charge in [0.05, 0.1) is 19.9 Å². The zero-order valence-corrected chi connectivity index (χ0v) is 14.6. The number of carbonyl (C=O) groups excluding carboxylic acids is 1. The molecule has 1 aliphatic heterocycles. The molecule has 128 valence electrons. The Morgan fingerprint density at radius 2 is 1.83 bits per heavy atom. The summed E-state index contributed by atoms with van der Waals surface area (Å²) in [4.78, 5) is 18.2. The fourth-order valence-electron chi connectivity index (χ4n) is 2.85. The van der Waals surface area contributed by atoms with Gasteiger partial charge >= 0.3 is 0 Å². The molecule has 1 fully saturated rings. The van der Waals surface area contributed by atoms with Crippen LogP contribution in [0.1, 0.15) is 12.8 Å². The quantitative estimate of drug-likeness (QED) is 0.899. The third-order valence-electron chi connectivity index (χ3n) is 4.31. The van der Waals surface area contributed by atoms with Crippen molar-refractivity contribution in [3.8, 4) is 22.8 Å². The third-order valence-corrected chi connectivity index (χ3v) is 5.21. The largest absolute Gasteiger partial charge is 0.497 e. The second-order valence-corrected chi connectivity index (χ2v) is 6.62. The summed E-state index contributed by atoms with van der Waals surface area (Å²) >= 11 is 1.60. The van der Waals surface area contributed by atoms with Gasteiger partial charge in [0.1, 0.15) is 11.5 Å². The molecular weight excluding hydrogens is 326 g/mol. The van der Waals surface area contributed by atoms with Gasteiger partial charge < -0.3 is 20.1 Å². The van der Waals surface area contributed by atoms with Crippen LogP contribution in [0.15, 0.2) is 23.6 Å². The van der Waals surface area contributed by atoms with E-state index in [1.807, 2.05) is 23.6 Å². The van der Waals surface area contributed by atoms with Crippen LogP contribution < -0.4 is 20.1 Å². The number of nitrogens with zero attached hydrogens (tertiary/aromatic N) is 2. The first-order chi connectivity index (χ1) is 11.6. The van der Waals surface area contributed by atoms with Crippen LogP contribution in [0.3, 0.4) is 0 Å². The lowest BCUT2D eigenvalue weighted by molar-refractivity contribution is -0.122. The fourth-order valence-corrected chi connectivity index (χ4v) is 3.74. The van der Waals surface area contributed by atoms with Crippen LogP contribution in [-0.2, 0) is 4.79 Å². The molecule has 0 atom stereocenters. The van der Waals surface area contributed by atoms with E-state index in [1.54, 1.807) is 25.6 Å². The summed E-state index contributed by atoms with van der Waals surface area (Å²) in [7, 11) is 3.27. The minimum absolute atomic E-state index is 0.0108. The lowest BCUT2D eigenvalue weighted by Crippen LogP contribution is -2.38. The normalized spacial score (nSPS) is 15.3. The predicted octanol–water partition coefficient (Wildman–Crippen LogP) is 2.53. The first-order valence-corrected chi connectivity index (χ1v) is 8.72. The molecule has 1 aromatic carbocycles. The first-order valence-electron chi connectivity index (χ1n) is 7.84. The number of nitrogens with two attached hydrogens (primary N) is 1. The molecule has 2 heterocycles. The highest BCUT2D eigenvalue weighted by atomic mass is 32.1. The number of hydrogen-bond acceptors (Lipinski definition) is 6. The van der Waals surface area contributed by atoms with Gasteiger partial charge in [-0.1, -0.05) is 0 Å². The maximum absolute atomic E-state index is 11.3. The van der Waals surface area contributed by atoms with E-state index in [-0.39, 0.29) is 11.8 Å². The van der Waals surface area contributed by atoms with Crippen LogP contribution in [0.5, 0.6) is 11.5 Å². The van der Waals surface area contributed by atoms with Crippen LogP contribution in [-0.4, -0.2) is 38.2 Å². The maximum atomic E-state index is 11.3. The SMILES string of the molecule is COc1cc(OC)cc(-c2csc(N3CCC(C(N)=O)CC3)n2)c1. The Bertz CT molecular complexity index is 701. The molecule has 7 heteroatoms. The molecule has 1 saturated heterocycles. The van der Waals surface area contributed by atoms with E-state index >= 15 is 0 Å². The Morgan fingerprint density at radius 1 is 1.21 bits per heavy atom. The Morgan fingerprint density at radius 3 is 2.38 bits per heavy atom. The summed E-state index contributed by atoms with van der Waals surface area (Å²) in [5.74, 6) is 1.27. The van der Waals surface area contributed by atoms with E-state index in [9.17, 15) is 4.79 Å². The minimum atomic E-state index is -0.196. The van der Waals surface area contributed by atoms with Gasteiger partial charge in [-0.05, 0) is 25.0 Å². The van der Waals surface area contributed by atoms with Gasteiger partial charge in [-0.3, -0.25) is 4.79 Å². The number of thiazole rings is 1. The molecule has 0 spiro atoms. The number of methoxy groups -OCH3 is 2. The molecule has 6 nitrogen and oxygen atoms in total. The minimum Gasteiger partial charge on any atom is -0.497 e. The molecular formula is C17H21N3O3S. The van der Waals surface area contributed by atoms with Gasteiger partial charge in [-0.25, -0.2) is 4.98 Å². The van der Waals surface area contributed by atoms with Crippen molar-refractivity contribution < 1.29 is 14.3 Å². The Labute approximate surface area is 145 Å². The lowest BCUT2D eigenvalue weighted by Gasteiger charge is -2.30. The molecule has 0 bridgehead atoms. The summed E-state index contributed by atoms with van der Waals surface area (Å²) in [5.41, 5.74) is 7.24. The number of piperidine rings is 1. The molecule has 0 aliphatic carbocycles. The molecule has 0 unspecified atom stereocenters. The number of rotatable bonds is 5. The Kier molecular flexibility index (Phi) is 4.89. The summed E-state index contributed by atoms with van der Waals surface area (Å²) in [5, 5.41) is 3.00. The molecule has 1 aromatic heterocycles. The predicted molar refractivity (Wildman–Crippen MR) is 94.8 cm³/mol. The van der Waals surface area contributed by atoms with Crippen molar-refractivity contribution in [3.63, 3.8) is 0 Å². The smallest absolute Gasteiger partial charge is 0.220 e.